The highest BCUT2D eigenvalue weighted by Gasteiger charge is 2.18. The van der Waals surface area contributed by atoms with Gasteiger partial charge in [-0.05, 0) is 49.4 Å². The Morgan fingerprint density at radius 1 is 1.26 bits per heavy atom. The van der Waals surface area contributed by atoms with Crippen molar-refractivity contribution in [3.8, 4) is 0 Å². The van der Waals surface area contributed by atoms with E-state index in [1.54, 1.807) is 10.3 Å². The number of nitrogens with zero attached hydrogens (tertiary/aromatic N) is 2. The lowest BCUT2D eigenvalue weighted by Crippen LogP contribution is -2.35. The van der Waals surface area contributed by atoms with Crippen molar-refractivity contribution < 1.29 is 14.3 Å². The van der Waals surface area contributed by atoms with Gasteiger partial charge in [-0.1, -0.05) is 19.9 Å². The fourth-order valence-corrected chi connectivity index (χ4v) is 3.21. The van der Waals surface area contributed by atoms with Crippen molar-refractivity contribution in [3.05, 3.63) is 45.4 Å². The summed E-state index contributed by atoms with van der Waals surface area (Å²) in [4.78, 5) is 30.4. The summed E-state index contributed by atoms with van der Waals surface area (Å²) in [5.74, 6) is 0.00894. The van der Waals surface area contributed by atoms with Crippen molar-refractivity contribution in [3.63, 3.8) is 0 Å². The highest BCUT2D eigenvalue weighted by molar-refractivity contribution is 7.09. The average Bonchev–Trinajstić information content (AvgIpc) is 3.09. The van der Waals surface area contributed by atoms with Crippen LogP contribution in [0.25, 0.3) is 0 Å². The molecule has 1 aromatic carbocycles. The quantitative estimate of drug-likeness (QED) is 0.701. The number of urea groups is 1. The Kier molecular flexibility index (Phi) is 7.36. The summed E-state index contributed by atoms with van der Waals surface area (Å²) in [6, 6.07) is 5.69. The molecule has 7 heteroatoms. The van der Waals surface area contributed by atoms with Crippen molar-refractivity contribution in [2.45, 2.75) is 40.7 Å². The number of anilines is 1. The number of rotatable bonds is 7. The van der Waals surface area contributed by atoms with E-state index in [1.807, 2.05) is 32.0 Å². The van der Waals surface area contributed by atoms with Gasteiger partial charge in [-0.3, -0.25) is 0 Å². The number of methoxy groups -OCH3 is 1. The van der Waals surface area contributed by atoms with Gasteiger partial charge >= 0.3 is 12.0 Å². The van der Waals surface area contributed by atoms with Crippen LogP contribution in [0.4, 0.5) is 10.5 Å². The van der Waals surface area contributed by atoms with Crippen LogP contribution in [-0.2, 0) is 11.3 Å². The summed E-state index contributed by atoms with van der Waals surface area (Å²) in [5, 5.41) is 5.33. The van der Waals surface area contributed by atoms with Gasteiger partial charge in [0.15, 0.2) is 5.69 Å². The van der Waals surface area contributed by atoms with Gasteiger partial charge in [0.25, 0.3) is 0 Å². The highest BCUT2D eigenvalue weighted by Crippen LogP contribution is 2.18. The lowest BCUT2D eigenvalue weighted by molar-refractivity contribution is 0.0594. The van der Waals surface area contributed by atoms with Crippen LogP contribution >= 0.6 is 11.3 Å². The summed E-state index contributed by atoms with van der Waals surface area (Å²) in [6.45, 7) is 9.27. The lowest BCUT2D eigenvalue weighted by Gasteiger charge is -2.23. The number of carbonyl (C=O) groups is 2. The van der Waals surface area contributed by atoms with E-state index in [0.29, 0.717) is 24.0 Å². The lowest BCUT2D eigenvalue weighted by atomic mass is 10.1. The van der Waals surface area contributed by atoms with Crippen LogP contribution < -0.4 is 5.32 Å². The van der Waals surface area contributed by atoms with Gasteiger partial charge in [0, 0.05) is 17.6 Å². The number of hydrogen-bond acceptors (Lipinski definition) is 5. The Bertz CT molecular complexity index is 802. The van der Waals surface area contributed by atoms with E-state index in [9.17, 15) is 9.59 Å². The maximum atomic E-state index is 12.8. The summed E-state index contributed by atoms with van der Waals surface area (Å²) in [7, 11) is 1.33. The van der Waals surface area contributed by atoms with Crippen LogP contribution in [0.5, 0.6) is 0 Å². The first-order valence-electron chi connectivity index (χ1n) is 8.96. The van der Waals surface area contributed by atoms with E-state index in [1.165, 1.54) is 24.0 Å². The number of aryl methyl sites for hydroxylation is 2. The third-order valence-electron chi connectivity index (χ3n) is 4.29. The van der Waals surface area contributed by atoms with Gasteiger partial charge in [0.1, 0.15) is 5.01 Å². The standard InChI is InChI=1S/C20H27N3O3S/c1-13(2)8-9-23(11-18-22-17(12-27-18)19(24)26-5)20(25)21-16-7-6-14(3)15(4)10-16/h6-7,10,12-13H,8-9,11H2,1-5H3,(H,21,25). The van der Waals surface area contributed by atoms with Crippen molar-refractivity contribution in [1.29, 1.82) is 0 Å². The van der Waals surface area contributed by atoms with E-state index in [4.69, 9.17) is 4.74 Å². The minimum absolute atomic E-state index is 0.172. The number of thiazole rings is 1. The largest absolute Gasteiger partial charge is 0.464 e. The fourth-order valence-electron chi connectivity index (χ4n) is 2.43. The van der Waals surface area contributed by atoms with Crippen molar-refractivity contribution in [2.75, 3.05) is 19.0 Å². The highest BCUT2D eigenvalue weighted by atomic mass is 32.1. The predicted octanol–water partition coefficient (Wildman–Crippen LogP) is 4.63. The topological polar surface area (TPSA) is 71.5 Å². The smallest absolute Gasteiger partial charge is 0.357 e. The molecule has 0 atom stereocenters. The minimum Gasteiger partial charge on any atom is -0.464 e. The molecular formula is C20H27N3O3S. The Morgan fingerprint density at radius 3 is 2.63 bits per heavy atom. The van der Waals surface area contributed by atoms with Gasteiger partial charge in [0.2, 0.25) is 0 Å². The van der Waals surface area contributed by atoms with E-state index in [2.05, 4.69) is 24.1 Å². The number of hydrogen-bond donors (Lipinski definition) is 1. The molecule has 1 N–H and O–H groups in total. The van der Waals surface area contributed by atoms with Crippen LogP contribution in [0.3, 0.4) is 0 Å². The van der Waals surface area contributed by atoms with Crippen LogP contribution in [0.1, 0.15) is 46.9 Å². The van der Waals surface area contributed by atoms with E-state index < -0.39 is 5.97 Å². The van der Waals surface area contributed by atoms with Gasteiger partial charge in [-0.15, -0.1) is 11.3 Å². The zero-order valence-corrected chi connectivity index (χ0v) is 17.4. The molecule has 0 aliphatic carbocycles. The maximum absolute atomic E-state index is 12.8. The van der Waals surface area contributed by atoms with Crippen molar-refractivity contribution in [2.24, 2.45) is 5.92 Å². The van der Waals surface area contributed by atoms with Gasteiger partial charge in [0.05, 0.1) is 13.7 Å². The minimum atomic E-state index is -0.467. The summed E-state index contributed by atoms with van der Waals surface area (Å²) >= 11 is 1.35. The number of aromatic nitrogens is 1. The summed E-state index contributed by atoms with van der Waals surface area (Å²) in [5.41, 5.74) is 3.36. The van der Waals surface area contributed by atoms with Gasteiger partial charge in [-0.25, -0.2) is 14.6 Å². The Balaban J connectivity index is 2.12. The first-order valence-corrected chi connectivity index (χ1v) is 9.84. The number of amides is 2. The molecule has 0 saturated heterocycles. The molecule has 0 saturated carbocycles. The molecule has 0 radical (unpaired) electrons. The second kappa shape index (κ2) is 9.50. The summed E-state index contributed by atoms with van der Waals surface area (Å²) in [6.07, 6.45) is 0.885. The van der Waals surface area contributed by atoms with E-state index in [-0.39, 0.29) is 11.7 Å². The maximum Gasteiger partial charge on any atom is 0.357 e. The Hall–Kier alpha value is -2.41. The third kappa shape index (κ3) is 6.06. The SMILES string of the molecule is COC(=O)c1csc(CN(CCC(C)C)C(=O)Nc2ccc(C)c(C)c2)n1. The zero-order chi connectivity index (χ0) is 20.0. The number of carbonyl (C=O) groups excluding carboxylic acids is 2. The molecule has 2 aromatic rings. The van der Waals surface area contributed by atoms with Crippen LogP contribution in [0, 0.1) is 19.8 Å². The number of ether oxygens (including phenoxy) is 1. The molecule has 27 heavy (non-hydrogen) atoms. The molecule has 0 fully saturated rings. The molecule has 0 bridgehead atoms. The van der Waals surface area contributed by atoms with Gasteiger partial charge in [-0.2, -0.15) is 0 Å². The van der Waals surface area contributed by atoms with Crippen LogP contribution in [0.15, 0.2) is 23.6 Å². The third-order valence-corrected chi connectivity index (χ3v) is 5.13. The second-order valence-electron chi connectivity index (χ2n) is 6.95. The first kappa shape index (κ1) is 20.9. The van der Waals surface area contributed by atoms with Crippen LogP contribution in [0.2, 0.25) is 0 Å². The van der Waals surface area contributed by atoms with E-state index >= 15 is 0 Å². The Labute approximate surface area is 164 Å². The second-order valence-corrected chi connectivity index (χ2v) is 7.89. The zero-order valence-electron chi connectivity index (χ0n) is 16.5. The molecule has 1 heterocycles. The molecule has 1 aromatic heterocycles. The molecule has 0 aliphatic rings. The van der Waals surface area contributed by atoms with Crippen LogP contribution in [-0.4, -0.2) is 35.5 Å². The molecular weight excluding hydrogens is 362 g/mol. The molecule has 6 nitrogen and oxygen atoms in total. The Morgan fingerprint density at radius 2 is 2.00 bits per heavy atom. The summed E-state index contributed by atoms with van der Waals surface area (Å²) < 4.78 is 4.69. The molecule has 0 spiro atoms. The predicted molar refractivity (Wildman–Crippen MR) is 108 cm³/mol. The molecule has 2 amide bonds. The van der Waals surface area contributed by atoms with E-state index in [0.717, 1.165) is 17.7 Å². The molecule has 0 unspecified atom stereocenters. The van der Waals surface area contributed by atoms with Crippen molar-refractivity contribution in [1.82, 2.24) is 9.88 Å². The number of benzene rings is 1. The normalized spacial score (nSPS) is 10.7. The number of esters is 1. The molecule has 2 rings (SSSR count). The monoisotopic (exact) mass is 389 g/mol. The fraction of sp³-hybridized carbons (Fsp3) is 0.450. The van der Waals surface area contributed by atoms with Crippen molar-refractivity contribution >= 4 is 29.0 Å². The molecule has 146 valence electrons. The first-order chi connectivity index (χ1) is 12.8. The average molecular weight is 390 g/mol. The van der Waals surface area contributed by atoms with Gasteiger partial charge < -0.3 is 15.0 Å². The number of nitrogens with one attached hydrogen (secondary N) is 1. The molecule has 0 aliphatic heterocycles.